The number of fused-ring (bicyclic) bond motifs is 1. The van der Waals surface area contributed by atoms with Crippen LogP contribution in [-0.2, 0) is 19.1 Å². The van der Waals surface area contributed by atoms with E-state index in [0.29, 0.717) is 32.6 Å². The molecule has 2 aromatic carbocycles. The van der Waals surface area contributed by atoms with Crippen LogP contribution in [0.3, 0.4) is 0 Å². The number of ether oxygens (including phenoxy) is 2. The van der Waals surface area contributed by atoms with Crippen molar-refractivity contribution in [3.63, 3.8) is 0 Å². The Morgan fingerprint density at radius 2 is 1.62 bits per heavy atom. The number of nitrogens with zero attached hydrogens (tertiary/aromatic N) is 1. The minimum Gasteiger partial charge on any atom is -0.463 e. The molecule has 0 saturated heterocycles. The highest BCUT2D eigenvalue weighted by molar-refractivity contribution is 7.07. The van der Waals surface area contributed by atoms with Crippen LogP contribution in [0.25, 0.3) is 17.5 Å². The third kappa shape index (κ3) is 5.97. The summed E-state index contributed by atoms with van der Waals surface area (Å²) in [4.78, 5) is 40.8. The van der Waals surface area contributed by atoms with Gasteiger partial charge in [-0.3, -0.25) is 9.36 Å². The summed E-state index contributed by atoms with van der Waals surface area (Å²) in [5.41, 5.74) is 6.82. The van der Waals surface area contributed by atoms with E-state index < -0.39 is 23.4 Å². The van der Waals surface area contributed by atoms with Gasteiger partial charge >= 0.3 is 11.9 Å². The van der Waals surface area contributed by atoms with E-state index >= 15 is 0 Å². The summed E-state index contributed by atoms with van der Waals surface area (Å²) in [5, 5.41) is 1.31. The van der Waals surface area contributed by atoms with E-state index in [9.17, 15) is 14.4 Å². The van der Waals surface area contributed by atoms with Crippen molar-refractivity contribution in [2.75, 3.05) is 13.2 Å². The Balaban J connectivity index is 2.10. The second-order valence-electron chi connectivity index (χ2n) is 8.74. The number of carbonyl (C=O) groups excluding carboxylic acids is 2. The summed E-state index contributed by atoms with van der Waals surface area (Å²) < 4.78 is 12.5. The third-order valence-corrected chi connectivity index (χ3v) is 8.35. The van der Waals surface area contributed by atoms with E-state index in [1.807, 2.05) is 6.92 Å². The highest BCUT2D eigenvalue weighted by atomic mass is 35.5. The van der Waals surface area contributed by atoms with Crippen molar-refractivity contribution >= 4 is 87.1 Å². The van der Waals surface area contributed by atoms with Gasteiger partial charge in [0, 0.05) is 20.1 Å². The Morgan fingerprint density at radius 3 is 2.25 bits per heavy atom. The lowest BCUT2D eigenvalue weighted by atomic mass is 9.83. The summed E-state index contributed by atoms with van der Waals surface area (Å²) in [5.74, 6) is -2.79. The van der Waals surface area contributed by atoms with Gasteiger partial charge < -0.3 is 15.2 Å². The first-order valence-electron chi connectivity index (χ1n) is 12.3. The fourth-order valence-electron chi connectivity index (χ4n) is 4.25. The first-order valence-corrected chi connectivity index (χ1v) is 14.6. The number of aromatic nitrogens is 1. The van der Waals surface area contributed by atoms with Crippen LogP contribution in [0.1, 0.15) is 43.7 Å². The first kappa shape index (κ1) is 30.2. The molecule has 0 saturated carbocycles. The van der Waals surface area contributed by atoms with Crippen molar-refractivity contribution in [2.24, 2.45) is 5.73 Å². The van der Waals surface area contributed by atoms with Crippen LogP contribution in [0.5, 0.6) is 0 Å². The SMILES string of the molecule is CCCCOC(=O)C1=C(N)n2c(s/c(=C\c3ccc(Cl)cc3Cl)c2=O)=C(C(=O)OCC)C1c1ccc(Cl)cc1Cl. The van der Waals surface area contributed by atoms with Gasteiger partial charge in [-0.1, -0.05) is 71.9 Å². The van der Waals surface area contributed by atoms with Crippen molar-refractivity contribution in [1.82, 2.24) is 4.57 Å². The Labute approximate surface area is 254 Å². The second kappa shape index (κ2) is 12.8. The summed E-state index contributed by atoms with van der Waals surface area (Å²) in [6.45, 7) is 3.78. The lowest BCUT2D eigenvalue weighted by Gasteiger charge is -2.27. The van der Waals surface area contributed by atoms with Gasteiger partial charge in [0.15, 0.2) is 0 Å². The minimum atomic E-state index is -1.09. The molecule has 210 valence electrons. The quantitative estimate of drug-likeness (QED) is 0.264. The number of benzene rings is 2. The Hall–Kier alpha value is -2.75. The number of hydrogen-bond donors (Lipinski definition) is 1. The smallest absolute Gasteiger partial charge is 0.338 e. The average Bonchev–Trinajstić information content (AvgIpc) is 3.21. The van der Waals surface area contributed by atoms with Gasteiger partial charge in [-0.15, -0.1) is 11.3 Å². The monoisotopic (exact) mass is 640 g/mol. The zero-order valence-electron chi connectivity index (χ0n) is 21.4. The molecule has 0 bridgehead atoms. The fourth-order valence-corrected chi connectivity index (χ4v) is 6.38. The number of esters is 2. The molecule has 7 nitrogen and oxygen atoms in total. The topological polar surface area (TPSA) is 101 Å². The maximum atomic E-state index is 13.7. The number of halogens is 4. The molecular weight excluding hydrogens is 618 g/mol. The molecule has 1 aliphatic heterocycles. The summed E-state index contributed by atoms with van der Waals surface area (Å²) >= 11 is 26.1. The van der Waals surface area contributed by atoms with Crippen LogP contribution in [-0.4, -0.2) is 29.7 Å². The van der Waals surface area contributed by atoms with Crippen LogP contribution in [0.15, 0.2) is 46.8 Å². The number of hydrogen-bond acceptors (Lipinski definition) is 7. The molecule has 1 atom stereocenters. The van der Waals surface area contributed by atoms with E-state index in [1.54, 1.807) is 43.3 Å². The van der Waals surface area contributed by atoms with Gasteiger partial charge in [0.1, 0.15) is 10.5 Å². The van der Waals surface area contributed by atoms with Gasteiger partial charge in [0.05, 0.1) is 34.8 Å². The molecule has 2 N–H and O–H groups in total. The molecule has 0 aliphatic carbocycles. The van der Waals surface area contributed by atoms with Crippen molar-refractivity contribution in [2.45, 2.75) is 32.6 Å². The number of carbonyl (C=O) groups is 2. The first-order chi connectivity index (χ1) is 19.1. The summed E-state index contributed by atoms with van der Waals surface area (Å²) in [6.07, 6.45) is 2.97. The number of nitrogens with two attached hydrogens (primary N) is 1. The van der Waals surface area contributed by atoms with Crippen molar-refractivity contribution in [3.05, 3.63) is 92.7 Å². The maximum Gasteiger partial charge on any atom is 0.338 e. The standard InChI is InChI=1S/C28H24Cl4N2O5S/c1-3-5-10-39-27(36)22-21(17-9-8-16(30)13-19(17)32)23(28(37)38-4-2)26-34(24(22)33)25(35)20(40-26)11-14-6-7-15(29)12-18(14)31/h6-9,11-13,21H,3-5,10,33H2,1-2H3/b20-11-. The molecule has 2 heterocycles. The number of rotatable bonds is 8. The van der Waals surface area contributed by atoms with Crippen LogP contribution >= 0.6 is 57.7 Å². The maximum absolute atomic E-state index is 13.7. The van der Waals surface area contributed by atoms with Gasteiger partial charge in [0.25, 0.3) is 5.56 Å². The van der Waals surface area contributed by atoms with Gasteiger partial charge in [-0.25, -0.2) is 9.59 Å². The number of thiazole rings is 1. The predicted molar refractivity (Wildman–Crippen MR) is 160 cm³/mol. The van der Waals surface area contributed by atoms with Crippen LogP contribution in [0.2, 0.25) is 20.1 Å². The van der Waals surface area contributed by atoms with Crippen molar-refractivity contribution in [1.29, 1.82) is 0 Å². The zero-order chi connectivity index (χ0) is 29.1. The van der Waals surface area contributed by atoms with Gasteiger partial charge in [-0.05, 0) is 54.8 Å². The lowest BCUT2D eigenvalue weighted by molar-refractivity contribution is -0.139. The van der Waals surface area contributed by atoms with Crippen LogP contribution in [0.4, 0.5) is 0 Å². The minimum absolute atomic E-state index is 0.0201. The van der Waals surface area contributed by atoms with Crippen molar-refractivity contribution in [3.8, 4) is 0 Å². The average molecular weight is 642 g/mol. The van der Waals surface area contributed by atoms with Crippen LogP contribution < -0.4 is 20.5 Å². The van der Waals surface area contributed by atoms with E-state index in [2.05, 4.69) is 0 Å². The van der Waals surface area contributed by atoms with Gasteiger partial charge in [0.2, 0.25) is 0 Å². The summed E-state index contributed by atoms with van der Waals surface area (Å²) in [6, 6.07) is 9.53. The van der Waals surface area contributed by atoms with Crippen molar-refractivity contribution < 1.29 is 19.1 Å². The molecule has 4 rings (SSSR count). The second-order valence-corrected chi connectivity index (χ2v) is 11.5. The van der Waals surface area contributed by atoms with E-state index in [1.165, 1.54) is 6.07 Å². The Bertz CT molecular complexity index is 1710. The van der Waals surface area contributed by atoms with Gasteiger partial charge in [-0.2, -0.15) is 0 Å². The van der Waals surface area contributed by atoms with E-state index in [0.717, 1.165) is 22.3 Å². The third-order valence-electron chi connectivity index (χ3n) is 6.12. The molecular formula is C28H24Cl4N2O5S. The van der Waals surface area contributed by atoms with Crippen LogP contribution in [0, 0.1) is 0 Å². The molecule has 1 unspecified atom stereocenters. The predicted octanol–water partition coefficient (Wildman–Crippen LogP) is 5.33. The molecule has 0 spiro atoms. The normalized spacial score (nSPS) is 15.3. The number of unbranched alkanes of at least 4 members (excludes halogenated alkanes) is 1. The molecule has 12 heteroatoms. The highest BCUT2D eigenvalue weighted by Gasteiger charge is 2.40. The molecule has 0 radical (unpaired) electrons. The molecule has 3 aromatic rings. The molecule has 1 aliphatic rings. The molecule has 0 amide bonds. The molecule has 0 fully saturated rings. The zero-order valence-corrected chi connectivity index (χ0v) is 25.3. The molecule has 40 heavy (non-hydrogen) atoms. The largest absolute Gasteiger partial charge is 0.463 e. The van der Waals surface area contributed by atoms with E-state index in [-0.39, 0.29) is 44.4 Å². The van der Waals surface area contributed by atoms with E-state index in [4.69, 9.17) is 61.6 Å². The Morgan fingerprint density at radius 1 is 0.975 bits per heavy atom. The fraction of sp³-hybridized carbons (Fsp3) is 0.250. The summed E-state index contributed by atoms with van der Waals surface area (Å²) in [7, 11) is 0. The Kier molecular flexibility index (Phi) is 9.69. The molecule has 1 aromatic heterocycles. The lowest BCUT2D eigenvalue weighted by Crippen LogP contribution is -2.42. The highest BCUT2D eigenvalue weighted by Crippen LogP contribution is 2.41.